The molecule has 1 saturated heterocycles. The molecule has 0 saturated carbocycles. The Morgan fingerprint density at radius 3 is 2.65 bits per heavy atom. The van der Waals surface area contributed by atoms with E-state index in [4.69, 9.17) is 9.47 Å². The Morgan fingerprint density at radius 2 is 1.96 bits per heavy atom. The molecule has 1 aliphatic rings. The zero-order valence-electron chi connectivity index (χ0n) is 14.5. The third kappa shape index (κ3) is 3.46. The second-order valence-electron chi connectivity index (χ2n) is 5.91. The fourth-order valence-electron chi connectivity index (χ4n) is 2.92. The number of hydrogen-bond donors (Lipinski definition) is 1. The van der Waals surface area contributed by atoms with Gasteiger partial charge in [0, 0.05) is 19.0 Å². The summed E-state index contributed by atoms with van der Waals surface area (Å²) in [5, 5.41) is 2.55. The van der Waals surface area contributed by atoms with E-state index in [0.29, 0.717) is 17.2 Å². The van der Waals surface area contributed by atoms with E-state index in [1.807, 2.05) is 0 Å². The zero-order valence-corrected chi connectivity index (χ0v) is 14.5. The Morgan fingerprint density at radius 1 is 1.19 bits per heavy atom. The van der Waals surface area contributed by atoms with Gasteiger partial charge in [0.1, 0.15) is 17.3 Å². The zero-order chi connectivity index (χ0) is 18.7. The van der Waals surface area contributed by atoms with Crippen LogP contribution >= 0.6 is 0 Å². The van der Waals surface area contributed by atoms with Crippen LogP contribution in [0.5, 0.6) is 11.5 Å². The largest absolute Gasteiger partial charge is 0.497 e. The number of nitrogens with one attached hydrogen (secondary N) is 1. The van der Waals surface area contributed by atoms with Crippen molar-refractivity contribution in [2.75, 3.05) is 31.0 Å². The number of carbonyl (C=O) groups is 2. The van der Waals surface area contributed by atoms with Crippen LogP contribution in [0, 0.1) is 11.7 Å². The first-order chi connectivity index (χ1) is 12.5. The van der Waals surface area contributed by atoms with Crippen LogP contribution in [0.3, 0.4) is 0 Å². The number of methoxy groups -OCH3 is 2. The number of benzene rings is 2. The van der Waals surface area contributed by atoms with Crippen LogP contribution in [0.4, 0.5) is 15.8 Å². The molecule has 1 heterocycles. The predicted molar refractivity (Wildman–Crippen MR) is 95.0 cm³/mol. The smallest absolute Gasteiger partial charge is 0.229 e. The second-order valence-corrected chi connectivity index (χ2v) is 5.91. The lowest BCUT2D eigenvalue weighted by atomic mass is 10.1. The van der Waals surface area contributed by atoms with Crippen molar-refractivity contribution in [1.82, 2.24) is 0 Å². The third-order valence-electron chi connectivity index (χ3n) is 4.30. The highest BCUT2D eigenvalue weighted by atomic mass is 19.1. The molecule has 136 valence electrons. The van der Waals surface area contributed by atoms with Crippen LogP contribution in [0.15, 0.2) is 42.5 Å². The van der Waals surface area contributed by atoms with Crippen LogP contribution in [0.2, 0.25) is 0 Å². The highest BCUT2D eigenvalue weighted by Crippen LogP contribution is 2.36. The lowest BCUT2D eigenvalue weighted by Gasteiger charge is -2.20. The van der Waals surface area contributed by atoms with Crippen LogP contribution in [0.1, 0.15) is 6.42 Å². The van der Waals surface area contributed by atoms with Gasteiger partial charge >= 0.3 is 0 Å². The molecular weight excluding hydrogens is 339 g/mol. The van der Waals surface area contributed by atoms with Crippen molar-refractivity contribution in [3.8, 4) is 11.5 Å². The van der Waals surface area contributed by atoms with Gasteiger partial charge in [0.2, 0.25) is 11.8 Å². The maximum Gasteiger partial charge on any atom is 0.229 e. The minimum Gasteiger partial charge on any atom is -0.497 e. The molecule has 26 heavy (non-hydrogen) atoms. The molecule has 1 fully saturated rings. The lowest BCUT2D eigenvalue weighted by Crippen LogP contribution is -2.28. The number of halogens is 1. The lowest BCUT2D eigenvalue weighted by molar-refractivity contribution is -0.122. The molecule has 2 aromatic carbocycles. The summed E-state index contributed by atoms with van der Waals surface area (Å²) in [7, 11) is 3.04. The molecule has 6 nitrogen and oxygen atoms in total. The van der Waals surface area contributed by atoms with Gasteiger partial charge < -0.3 is 19.7 Å². The molecule has 0 spiro atoms. The predicted octanol–water partition coefficient (Wildman–Crippen LogP) is 2.83. The molecule has 2 amide bonds. The monoisotopic (exact) mass is 358 g/mol. The van der Waals surface area contributed by atoms with Crippen LogP contribution in [-0.4, -0.2) is 32.6 Å². The van der Waals surface area contributed by atoms with Crippen molar-refractivity contribution < 1.29 is 23.5 Å². The summed E-state index contributed by atoms with van der Waals surface area (Å²) in [6.07, 6.45) is 0.0423. The molecule has 1 N–H and O–H groups in total. The molecule has 3 rings (SSSR count). The molecule has 1 aliphatic heterocycles. The standard InChI is InChI=1S/C19H19FN2O4/c1-25-13-7-8-17(26-2)16(10-13)22-11-12(9-18(22)23)19(24)21-15-6-4-3-5-14(15)20/h3-8,10,12H,9,11H2,1-2H3,(H,21,24)/t12-/m0/s1. The third-order valence-corrected chi connectivity index (χ3v) is 4.30. The molecule has 0 aliphatic carbocycles. The Labute approximate surface area is 150 Å². The summed E-state index contributed by atoms with van der Waals surface area (Å²) in [5.41, 5.74) is 0.639. The molecule has 1 atom stereocenters. The Bertz CT molecular complexity index is 840. The molecular formula is C19H19FN2O4. The highest BCUT2D eigenvalue weighted by molar-refractivity contribution is 6.04. The van der Waals surface area contributed by atoms with Gasteiger partial charge in [-0.25, -0.2) is 4.39 Å². The number of ether oxygens (including phenoxy) is 2. The molecule has 0 aromatic heterocycles. The average Bonchev–Trinajstić information content (AvgIpc) is 3.04. The minimum atomic E-state index is -0.585. The summed E-state index contributed by atoms with van der Waals surface area (Å²) in [5.74, 6) is -0.616. The van der Waals surface area contributed by atoms with Gasteiger partial charge in [-0.15, -0.1) is 0 Å². The summed E-state index contributed by atoms with van der Waals surface area (Å²) in [6, 6.07) is 11.0. The van der Waals surface area contributed by atoms with Crippen LogP contribution in [0.25, 0.3) is 0 Å². The van der Waals surface area contributed by atoms with E-state index in [1.165, 1.54) is 31.3 Å². The van der Waals surface area contributed by atoms with Crippen molar-refractivity contribution in [2.45, 2.75) is 6.42 Å². The van der Waals surface area contributed by atoms with Gasteiger partial charge in [-0.2, -0.15) is 0 Å². The van der Waals surface area contributed by atoms with Crippen molar-refractivity contribution in [3.05, 3.63) is 48.3 Å². The van der Waals surface area contributed by atoms with Crippen LogP contribution < -0.4 is 19.7 Å². The maximum atomic E-state index is 13.7. The fourth-order valence-corrected chi connectivity index (χ4v) is 2.92. The van der Waals surface area contributed by atoms with Crippen molar-refractivity contribution >= 4 is 23.2 Å². The van der Waals surface area contributed by atoms with E-state index in [2.05, 4.69) is 5.32 Å². The van der Waals surface area contributed by atoms with Gasteiger partial charge in [-0.1, -0.05) is 12.1 Å². The topological polar surface area (TPSA) is 67.9 Å². The van der Waals surface area contributed by atoms with Gasteiger partial charge in [-0.05, 0) is 24.3 Å². The van der Waals surface area contributed by atoms with Crippen molar-refractivity contribution in [1.29, 1.82) is 0 Å². The quantitative estimate of drug-likeness (QED) is 0.892. The van der Waals surface area contributed by atoms with Crippen molar-refractivity contribution in [3.63, 3.8) is 0 Å². The van der Waals surface area contributed by atoms with E-state index in [9.17, 15) is 14.0 Å². The number of nitrogens with zero attached hydrogens (tertiary/aromatic N) is 1. The first kappa shape index (κ1) is 17.7. The SMILES string of the molecule is COc1ccc(OC)c(N2C[C@@H](C(=O)Nc3ccccc3F)CC2=O)c1. The van der Waals surface area contributed by atoms with Gasteiger partial charge in [0.15, 0.2) is 0 Å². The fraction of sp³-hybridized carbons (Fsp3) is 0.263. The van der Waals surface area contributed by atoms with Gasteiger partial charge in [0.05, 0.1) is 31.5 Å². The first-order valence-corrected chi connectivity index (χ1v) is 8.11. The Kier molecular flexibility index (Phi) is 5.06. The number of hydrogen-bond acceptors (Lipinski definition) is 4. The number of para-hydroxylation sites is 1. The Hall–Kier alpha value is -3.09. The average molecular weight is 358 g/mol. The summed E-state index contributed by atoms with van der Waals surface area (Å²) < 4.78 is 24.2. The molecule has 7 heteroatoms. The first-order valence-electron chi connectivity index (χ1n) is 8.11. The molecule has 0 unspecified atom stereocenters. The van der Waals surface area contributed by atoms with Crippen molar-refractivity contribution in [2.24, 2.45) is 5.92 Å². The number of carbonyl (C=O) groups excluding carboxylic acids is 2. The van der Waals surface area contributed by atoms with E-state index in [0.717, 1.165) is 0 Å². The molecule has 0 bridgehead atoms. The summed E-state index contributed by atoms with van der Waals surface area (Å²) in [4.78, 5) is 26.4. The van der Waals surface area contributed by atoms with E-state index in [-0.39, 0.29) is 24.6 Å². The van der Waals surface area contributed by atoms with E-state index < -0.39 is 17.6 Å². The number of rotatable bonds is 5. The normalized spacial score (nSPS) is 16.5. The van der Waals surface area contributed by atoms with E-state index in [1.54, 1.807) is 30.3 Å². The molecule has 2 aromatic rings. The highest BCUT2D eigenvalue weighted by Gasteiger charge is 2.36. The van der Waals surface area contributed by atoms with Gasteiger partial charge in [0.25, 0.3) is 0 Å². The minimum absolute atomic E-state index is 0.0423. The summed E-state index contributed by atoms with van der Waals surface area (Å²) in [6.45, 7) is 0.183. The van der Waals surface area contributed by atoms with Crippen LogP contribution in [-0.2, 0) is 9.59 Å². The summed E-state index contributed by atoms with van der Waals surface area (Å²) >= 11 is 0. The molecule has 0 radical (unpaired) electrons. The van der Waals surface area contributed by atoms with E-state index >= 15 is 0 Å². The van der Waals surface area contributed by atoms with Gasteiger partial charge in [-0.3, -0.25) is 9.59 Å². The number of anilines is 2. The second kappa shape index (κ2) is 7.43. The number of amides is 2. The Balaban J connectivity index is 1.79. The maximum absolute atomic E-state index is 13.7.